The second kappa shape index (κ2) is 9.75. The lowest BCUT2D eigenvalue weighted by Gasteiger charge is -2.27. The molecule has 7 heteroatoms. The van der Waals surface area contributed by atoms with Crippen LogP contribution in [0.25, 0.3) is 0 Å². The van der Waals surface area contributed by atoms with Crippen molar-refractivity contribution in [1.29, 1.82) is 0 Å². The minimum Gasteiger partial charge on any atom is -0.493 e. The fourth-order valence-electron chi connectivity index (χ4n) is 2.80. The molecule has 1 heterocycles. The summed E-state index contributed by atoms with van der Waals surface area (Å²) < 4.78 is 11.2. The number of methoxy groups -OCH3 is 1. The molecule has 0 unspecified atom stereocenters. The Kier molecular flexibility index (Phi) is 7.68. The third-order valence-corrected chi connectivity index (χ3v) is 4.56. The summed E-state index contributed by atoms with van der Waals surface area (Å²) in [6, 6.07) is 6.12. The van der Waals surface area contributed by atoms with E-state index >= 15 is 0 Å². The average Bonchev–Trinajstić information content (AvgIpc) is 2.60. The maximum atomic E-state index is 11.5. The number of hydrogen-bond acceptors (Lipinski definition) is 6. The Morgan fingerprint density at radius 3 is 2.77 bits per heavy atom. The van der Waals surface area contributed by atoms with E-state index in [9.17, 15) is 9.90 Å². The predicted octanol–water partition coefficient (Wildman–Crippen LogP) is 0.707. The number of aliphatic hydroxyl groups excluding tert-OH is 1. The largest absolute Gasteiger partial charge is 0.493 e. The summed E-state index contributed by atoms with van der Waals surface area (Å²) in [6.45, 7) is 7.49. The van der Waals surface area contributed by atoms with E-state index in [4.69, 9.17) is 9.47 Å². The average molecular weight is 365 g/mol. The lowest BCUT2D eigenvalue weighted by molar-refractivity contribution is -0.124. The molecule has 2 N–H and O–H groups in total. The van der Waals surface area contributed by atoms with E-state index in [-0.39, 0.29) is 12.5 Å². The molecule has 146 valence electrons. The van der Waals surface area contributed by atoms with Crippen molar-refractivity contribution in [2.45, 2.75) is 32.5 Å². The summed E-state index contributed by atoms with van der Waals surface area (Å²) in [7, 11) is 3.57. The molecule has 1 atom stereocenters. The Bertz CT molecular complexity index is 594. The molecular formula is C19H31N3O4. The van der Waals surface area contributed by atoms with Crippen molar-refractivity contribution in [1.82, 2.24) is 15.1 Å². The number of likely N-dealkylation sites (N-methyl/N-ethyl adjacent to an activating group) is 1. The van der Waals surface area contributed by atoms with Gasteiger partial charge in [-0.1, -0.05) is 6.07 Å². The SMILES string of the molecule is COc1ccc(CN2CCNC(=O)C2)cc1OC[C@@H](O)CN(C)C(C)C. The highest BCUT2D eigenvalue weighted by Crippen LogP contribution is 2.28. The topological polar surface area (TPSA) is 74.3 Å². The fraction of sp³-hybridized carbons (Fsp3) is 0.632. The van der Waals surface area contributed by atoms with Gasteiger partial charge in [0.15, 0.2) is 11.5 Å². The summed E-state index contributed by atoms with van der Waals surface area (Å²) in [5, 5.41) is 13.0. The van der Waals surface area contributed by atoms with Gasteiger partial charge in [-0.05, 0) is 38.6 Å². The van der Waals surface area contributed by atoms with Gasteiger partial charge in [-0.2, -0.15) is 0 Å². The highest BCUT2D eigenvalue weighted by atomic mass is 16.5. The number of nitrogens with one attached hydrogen (secondary N) is 1. The first kappa shape index (κ1) is 20.5. The lowest BCUT2D eigenvalue weighted by atomic mass is 10.1. The summed E-state index contributed by atoms with van der Waals surface area (Å²) in [6.07, 6.45) is -0.582. The third-order valence-electron chi connectivity index (χ3n) is 4.56. The highest BCUT2D eigenvalue weighted by molar-refractivity contribution is 5.78. The van der Waals surface area contributed by atoms with Crippen LogP contribution >= 0.6 is 0 Å². The molecule has 1 aliphatic rings. The molecule has 7 nitrogen and oxygen atoms in total. The molecule has 1 aliphatic heterocycles. The van der Waals surface area contributed by atoms with Crippen molar-refractivity contribution in [3.8, 4) is 11.5 Å². The highest BCUT2D eigenvalue weighted by Gasteiger charge is 2.17. The van der Waals surface area contributed by atoms with Gasteiger partial charge >= 0.3 is 0 Å². The van der Waals surface area contributed by atoms with Gasteiger partial charge in [0, 0.05) is 32.2 Å². The zero-order valence-corrected chi connectivity index (χ0v) is 16.2. The molecule has 0 aromatic heterocycles. The summed E-state index contributed by atoms with van der Waals surface area (Å²) >= 11 is 0. The predicted molar refractivity (Wildman–Crippen MR) is 101 cm³/mol. The summed E-state index contributed by atoms with van der Waals surface area (Å²) in [5.41, 5.74) is 1.05. The van der Waals surface area contributed by atoms with Crippen molar-refractivity contribution < 1.29 is 19.4 Å². The number of amides is 1. The number of rotatable bonds is 9. The van der Waals surface area contributed by atoms with E-state index in [2.05, 4.69) is 29.0 Å². The number of hydrogen-bond donors (Lipinski definition) is 2. The van der Waals surface area contributed by atoms with Gasteiger partial charge < -0.3 is 24.8 Å². The van der Waals surface area contributed by atoms with Crippen LogP contribution in [-0.4, -0.2) is 79.9 Å². The van der Waals surface area contributed by atoms with Gasteiger partial charge in [-0.3, -0.25) is 9.69 Å². The smallest absolute Gasteiger partial charge is 0.234 e. The molecule has 0 spiro atoms. The molecule has 0 radical (unpaired) electrons. The first-order valence-corrected chi connectivity index (χ1v) is 9.06. The zero-order chi connectivity index (χ0) is 19.1. The number of nitrogens with zero attached hydrogens (tertiary/aromatic N) is 2. The molecule has 0 aliphatic carbocycles. The number of carbonyl (C=O) groups excluding carboxylic acids is 1. The van der Waals surface area contributed by atoms with Crippen LogP contribution in [0.15, 0.2) is 18.2 Å². The maximum absolute atomic E-state index is 11.5. The molecule has 1 saturated heterocycles. The normalized spacial score (nSPS) is 16.7. The molecule has 0 bridgehead atoms. The Morgan fingerprint density at radius 1 is 1.35 bits per heavy atom. The summed E-state index contributed by atoms with van der Waals surface area (Å²) in [4.78, 5) is 15.7. The maximum Gasteiger partial charge on any atom is 0.234 e. The number of piperazine rings is 1. The van der Waals surface area contributed by atoms with Crippen LogP contribution in [0.5, 0.6) is 11.5 Å². The number of aliphatic hydroxyl groups is 1. The Hall–Kier alpha value is -1.83. The first-order valence-electron chi connectivity index (χ1n) is 9.06. The van der Waals surface area contributed by atoms with Gasteiger partial charge in [0.25, 0.3) is 0 Å². The van der Waals surface area contributed by atoms with Crippen LogP contribution in [0, 0.1) is 0 Å². The fourth-order valence-corrected chi connectivity index (χ4v) is 2.80. The Balaban J connectivity index is 1.96. The molecule has 1 amide bonds. The Labute approximate surface area is 155 Å². The van der Waals surface area contributed by atoms with Gasteiger partial charge in [-0.15, -0.1) is 0 Å². The molecular weight excluding hydrogens is 334 g/mol. The quantitative estimate of drug-likeness (QED) is 0.671. The van der Waals surface area contributed by atoms with Gasteiger partial charge in [0.2, 0.25) is 5.91 Å². The second-order valence-electron chi connectivity index (χ2n) is 7.04. The minimum absolute atomic E-state index is 0.0543. The van der Waals surface area contributed by atoms with Crippen molar-refractivity contribution in [3.05, 3.63) is 23.8 Å². The number of benzene rings is 1. The van der Waals surface area contributed by atoms with Gasteiger partial charge in [0.1, 0.15) is 12.7 Å². The van der Waals surface area contributed by atoms with Crippen LogP contribution in [0.3, 0.4) is 0 Å². The standard InChI is InChI=1S/C19H31N3O4/c1-14(2)21(3)11-16(23)13-26-18-9-15(5-6-17(18)25-4)10-22-8-7-20-19(24)12-22/h5-6,9,14,16,23H,7-8,10-13H2,1-4H3,(H,20,24)/t16-/m0/s1. The molecule has 1 fully saturated rings. The van der Waals surface area contributed by atoms with Crippen LogP contribution in [0.1, 0.15) is 19.4 Å². The molecule has 1 aromatic carbocycles. The van der Waals surface area contributed by atoms with E-state index in [0.717, 1.165) is 12.1 Å². The molecule has 26 heavy (non-hydrogen) atoms. The van der Waals surface area contributed by atoms with E-state index in [1.165, 1.54) is 0 Å². The van der Waals surface area contributed by atoms with E-state index in [1.807, 2.05) is 25.2 Å². The summed E-state index contributed by atoms with van der Waals surface area (Å²) in [5.74, 6) is 1.30. The third kappa shape index (κ3) is 6.16. The van der Waals surface area contributed by atoms with Crippen molar-refractivity contribution in [2.75, 3.05) is 46.9 Å². The zero-order valence-electron chi connectivity index (χ0n) is 16.2. The van der Waals surface area contributed by atoms with Gasteiger partial charge in [-0.25, -0.2) is 0 Å². The Morgan fingerprint density at radius 2 is 2.12 bits per heavy atom. The molecule has 0 saturated carbocycles. The molecule has 1 aromatic rings. The number of carbonyl (C=O) groups is 1. The van der Waals surface area contributed by atoms with Gasteiger partial charge in [0.05, 0.1) is 13.7 Å². The minimum atomic E-state index is -0.582. The van der Waals surface area contributed by atoms with E-state index < -0.39 is 6.10 Å². The number of ether oxygens (including phenoxy) is 2. The molecule has 2 rings (SSSR count). The first-order chi connectivity index (χ1) is 12.4. The van der Waals surface area contributed by atoms with Crippen molar-refractivity contribution >= 4 is 5.91 Å². The second-order valence-corrected chi connectivity index (χ2v) is 7.04. The van der Waals surface area contributed by atoms with Crippen LogP contribution in [0.2, 0.25) is 0 Å². The van der Waals surface area contributed by atoms with E-state index in [1.54, 1.807) is 7.11 Å². The van der Waals surface area contributed by atoms with Crippen molar-refractivity contribution in [3.63, 3.8) is 0 Å². The lowest BCUT2D eigenvalue weighted by Crippen LogP contribution is -2.47. The van der Waals surface area contributed by atoms with Crippen LogP contribution < -0.4 is 14.8 Å². The van der Waals surface area contributed by atoms with Crippen LogP contribution in [0.4, 0.5) is 0 Å². The monoisotopic (exact) mass is 365 g/mol. The van der Waals surface area contributed by atoms with Crippen LogP contribution in [-0.2, 0) is 11.3 Å². The van der Waals surface area contributed by atoms with Crippen molar-refractivity contribution in [2.24, 2.45) is 0 Å². The van der Waals surface area contributed by atoms with E-state index in [0.29, 0.717) is 43.7 Å².